The number of hydrogen-bond donors (Lipinski definition) is 2. The molecule has 140 valence electrons. The first-order valence-corrected chi connectivity index (χ1v) is 8.47. The minimum atomic E-state index is -2.57. The molecule has 1 amide bonds. The Labute approximate surface area is 148 Å². The summed E-state index contributed by atoms with van der Waals surface area (Å²) in [6, 6.07) is -1.11. The highest BCUT2D eigenvalue weighted by Crippen LogP contribution is 2.22. The molecule has 0 radical (unpaired) electrons. The minimum absolute atomic E-state index is 0.202. The van der Waals surface area contributed by atoms with E-state index in [1.807, 2.05) is 16.5 Å². The summed E-state index contributed by atoms with van der Waals surface area (Å²) in [5.74, 6) is 0.411. The number of nitrogens with zero attached hydrogens (tertiary/aromatic N) is 6. The smallest absolute Gasteiger partial charge is 0.254 e. The van der Waals surface area contributed by atoms with Crippen LogP contribution in [0.5, 0.6) is 0 Å². The summed E-state index contributed by atoms with van der Waals surface area (Å²) < 4.78 is 27.8. The average molecular weight is 366 g/mol. The number of piperazine rings is 1. The van der Waals surface area contributed by atoms with Crippen LogP contribution in [0.3, 0.4) is 0 Å². The lowest BCUT2D eigenvalue weighted by Crippen LogP contribution is -2.67. The molecule has 0 bridgehead atoms. The maximum absolute atomic E-state index is 13.0. The van der Waals surface area contributed by atoms with Crippen LogP contribution >= 0.6 is 0 Å². The van der Waals surface area contributed by atoms with Gasteiger partial charge in [0, 0.05) is 39.6 Å². The molecule has 0 aromatic carbocycles. The summed E-state index contributed by atoms with van der Waals surface area (Å²) in [5, 5.41) is 5.57. The molecule has 2 aromatic heterocycles. The molecule has 2 unspecified atom stereocenters. The lowest BCUT2D eigenvalue weighted by atomic mass is 10.1. The molecule has 2 aromatic rings. The van der Waals surface area contributed by atoms with Crippen molar-refractivity contribution in [3.05, 3.63) is 12.7 Å². The third kappa shape index (κ3) is 3.07. The molecule has 2 atom stereocenters. The Morgan fingerprint density at radius 3 is 2.69 bits per heavy atom. The summed E-state index contributed by atoms with van der Waals surface area (Å²) in [5.41, 5.74) is 1.50. The highest BCUT2D eigenvalue weighted by atomic mass is 19.3. The third-order valence-electron chi connectivity index (χ3n) is 4.84. The first-order valence-electron chi connectivity index (χ1n) is 8.47. The molecule has 2 fully saturated rings. The van der Waals surface area contributed by atoms with E-state index in [0.717, 1.165) is 17.0 Å². The Balaban J connectivity index is 1.44. The Bertz CT molecular complexity index is 804. The van der Waals surface area contributed by atoms with Crippen LogP contribution in [-0.2, 0) is 11.8 Å². The predicted octanol–water partition coefficient (Wildman–Crippen LogP) is -0.488. The number of aryl methyl sites for hydroxylation is 1. The molecule has 4 rings (SSSR count). The Morgan fingerprint density at radius 1 is 1.19 bits per heavy atom. The van der Waals surface area contributed by atoms with E-state index in [1.54, 1.807) is 6.33 Å². The van der Waals surface area contributed by atoms with E-state index in [4.69, 9.17) is 0 Å². The van der Waals surface area contributed by atoms with Crippen LogP contribution in [0, 0.1) is 0 Å². The van der Waals surface area contributed by atoms with Gasteiger partial charge in [-0.25, -0.2) is 23.7 Å². The maximum Gasteiger partial charge on any atom is 0.254 e. The molecule has 26 heavy (non-hydrogen) atoms. The van der Waals surface area contributed by atoms with Gasteiger partial charge in [0.15, 0.2) is 17.0 Å². The largest absolute Gasteiger partial charge is 0.352 e. The van der Waals surface area contributed by atoms with Gasteiger partial charge in [0.2, 0.25) is 5.91 Å². The zero-order valence-electron chi connectivity index (χ0n) is 14.3. The van der Waals surface area contributed by atoms with Crippen molar-refractivity contribution >= 4 is 22.9 Å². The average Bonchev–Trinajstić information content (AvgIpc) is 3.03. The number of hydrogen-bond acceptors (Lipinski definition) is 7. The monoisotopic (exact) mass is 366 g/mol. The summed E-state index contributed by atoms with van der Waals surface area (Å²) >= 11 is 0. The lowest BCUT2D eigenvalue weighted by Gasteiger charge is -2.43. The third-order valence-corrected chi connectivity index (χ3v) is 4.84. The first kappa shape index (κ1) is 17.0. The van der Waals surface area contributed by atoms with Gasteiger partial charge < -0.3 is 14.8 Å². The quantitative estimate of drug-likeness (QED) is 0.758. The highest BCUT2D eigenvalue weighted by molar-refractivity contribution is 5.83. The van der Waals surface area contributed by atoms with E-state index in [-0.39, 0.29) is 12.3 Å². The van der Waals surface area contributed by atoms with Gasteiger partial charge in [0.1, 0.15) is 12.6 Å². The van der Waals surface area contributed by atoms with Gasteiger partial charge in [0.05, 0.1) is 12.4 Å². The molecular weight excluding hydrogens is 346 g/mol. The van der Waals surface area contributed by atoms with Crippen molar-refractivity contribution < 1.29 is 13.6 Å². The Hall–Kier alpha value is -2.40. The number of carbonyl (C=O) groups is 1. The molecule has 4 heterocycles. The molecule has 9 nitrogen and oxygen atoms in total. The Kier molecular flexibility index (Phi) is 4.41. The van der Waals surface area contributed by atoms with E-state index < -0.39 is 18.8 Å². The fraction of sp³-hybridized carbons (Fsp3) is 0.600. The molecular formula is C15H20F2N8O. The second-order valence-corrected chi connectivity index (χ2v) is 6.53. The number of amides is 1. The zero-order valence-corrected chi connectivity index (χ0v) is 14.3. The molecule has 2 saturated heterocycles. The fourth-order valence-electron chi connectivity index (χ4n) is 3.43. The Morgan fingerprint density at radius 2 is 1.96 bits per heavy atom. The molecule has 0 spiro atoms. The van der Waals surface area contributed by atoms with Crippen LogP contribution in [0.4, 0.5) is 14.6 Å². The lowest BCUT2D eigenvalue weighted by molar-refractivity contribution is -0.129. The normalized spacial score (nSPS) is 25.1. The van der Waals surface area contributed by atoms with Crippen LogP contribution in [0.1, 0.15) is 6.42 Å². The van der Waals surface area contributed by atoms with Crippen LogP contribution in [0.2, 0.25) is 0 Å². The zero-order chi connectivity index (χ0) is 18.3. The molecule has 11 heteroatoms. The molecule has 2 aliphatic heterocycles. The van der Waals surface area contributed by atoms with Crippen molar-refractivity contribution in [3.8, 4) is 0 Å². The number of carbonyl (C=O) groups excluding carboxylic acids is 1. The van der Waals surface area contributed by atoms with Crippen molar-refractivity contribution in [3.63, 3.8) is 0 Å². The van der Waals surface area contributed by atoms with Crippen LogP contribution < -0.4 is 15.5 Å². The van der Waals surface area contributed by atoms with Gasteiger partial charge in [0.25, 0.3) is 6.43 Å². The molecule has 0 aliphatic carbocycles. The number of alkyl halides is 2. The van der Waals surface area contributed by atoms with Crippen molar-refractivity contribution in [2.24, 2.45) is 7.05 Å². The summed E-state index contributed by atoms with van der Waals surface area (Å²) in [6.45, 7) is 2.50. The number of rotatable bonds is 3. The predicted molar refractivity (Wildman–Crippen MR) is 89.6 cm³/mol. The van der Waals surface area contributed by atoms with Crippen molar-refractivity contribution in [2.75, 3.05) is 31.1 Å². The van der Waals surface area contributed by atoms with E-state index in [2.05, 4.69) is 30.5 Å². The van der Waals surface area contributed by atoms with Gasteiger partial charge in [-0.15, -0.1) is 0 Å². The molecule has 2 aliphatic rings. The number of aromatic nitrogens is 4. The molecule has 0 saturated carbocycles. The molecule has 2 N–H and O–H groups in total. The van der Waals surface area contributed by atoms with Crippen LogP contribution in [0.15, 0.2) is 12.7 Å². The summed E-state index contributed by atoms with van der Waals surface area (Å²) in [6.07, 6.45) is -0.124. The highest BCUT2D eigenvalue weighted by Gasteiger charge is 2.35. The number of imidazole rings is 1. The number of anilines is 1. The summed E-state index contributed by atoms with van der Waals surface area (Å²) in [7, 11) is 1.88. The fourth-order valence-corrected chi connectivity index (χ4v) is 3.43. The van der Waals surface area contributed by atoms with Crippen LogP contribution in [-0.4, -0.2) is 75.3 Å². The van der Waals surface area contributed by atoms with Crippen molar-refractivity contribution in [2.45, 2.75) is 25.2 Å². The number of halogens is 2. The SMILES string of the molecule is Cn1cnc2c(N3CCN(C4NC(=O)CC(C(F)F)N4)CC3)ncnc21. The topological polar surface area (TPSA) is 91.2 Å². The standard InChI is InChI=1S/C15H20F2N8O/c1-23-8-20-11-13(23)18-7-19-14(11)24-2-4-25(5-3-24)15-21-9(12(16)17)6-10(26)22-15/h7-9,12,15,21H,2-6H2,1H3,(H,22,26). The van der Waals surface area contributed by atoms with E-state index in [1.165, 1.54) is 6.33 Å². The number of fused-ring (bicyclic) bond motifs is 1. The van der Waals surface area contributed by atoms with E-state index >= 15 is 0 Å². The van der Waals surface area contributed by atoms with Crippen molar-refractivity contribution in [1.29, 1.82) is 0 Å². The second-order valence-electron chi connectivity index (χ2n) is 6.53. The van der Waals surface area contributed by atoms with Gasteiger partial charge in [-0.1, -0.05) is 0 Å². The second kappa shape index (κ2) is 6.72. The van der Waals surface area contributed by atoms with Gasteiger partial charge in [-0.05, 0) is 0 Å². The van der Waals surface area contributed by atoms with Gasteiger partial charge in [-0.2, -0.15) is 0 Å². The van der Waals surface area contributed by atoms with E-state index in [9.17, 15) is 13.6 Å². The van der Waals surface area contributed by atoms with E-state index in [0.29, 0.717) is 26.2 Å². The summed E-state index contributed by atoms with van der Waals surface area (Å²) in [4.78, 5) is 28.8. The van der Waals surface area contributed by atoms with Crippen LogP contribution in [0.25, 0.3) is 11.2 Å². The van der Waals surface area contributed by atoms with Crippen molar-refractivity contribution in [1.82, 2.24) is 35.1 Å². The number of nitrogens with one attached hydrogen (secondary N) is 2. The maximum atomic E-state index is 13.0. The minimum Gasteiger partial charge on any atom is -0.352 e. The van der Waals surface area contributed by atoms with Gasteiger partial charge in [-0.3, -0.25) is 15.0 Å². The van der Waals surface area contributed by atoms with Gasteiger partial charge >= 0.3 is 0 Å². The first-order chi connectivity index (χ1) is 12.5.